The highest BCUT2D eigenvalue weighted by atomic mass is 19.4. The van der Waals surface area contributed by atoms with Gasteiger partial charge >= 0.3 is 6.18 Å². The van der Waals surface area contributed by atoms with Crippen molar-refractivity contribution in [2.75, 3.05) is 20.2 Å². The zero-order valence-electron chi connectivity index (χ0n) is 12.7. The van der Waals surface area contributed by atoms with E-state index in [1.54, 1.807) is 18.1 Å². The molecule has 1 amide bonds. The Hall–Kier alpha value is -2.08. The van der Waals surface area contributed by atoms with Gasteiger partial charge in [-0.25, -0.2) is 0 Å². The molecule has 1 aliphatic rings. The van der Waals surface area contributed by atoms with Crippen LogP contribution in [-0.2, 0) is 15.7 Å². The Morgan fingerprint density at radius 1 is 1.30 bits per heavy atom. The van der Waals surface area contributed by atoms with Crippen LogP contribution in [-0.4, -0.2) is 37.1 Å². The highest BCUT2D eigenvalue weighted by Crippen LogP contribution is 2.29. The summed E-state index contributed by atoms with van der Waals surface area (Å²) in [4.78, 5) is 13.3. The molecular formula is C17H18F3NO2. The molecule has 0 aromatic heterocycles. The van der Waals surface area contributed by atoms with E-state index in [1.807, 2.05) is 6.08 Å². The second-order valence-electron chi connectivity index (χ2n) is 5.36. The lowest BCUT2D eigenvalue weighted by atomic mass is 10.0. The molecular weight excluding hydrogens is 307 g/mol. The maximum absolute atomic E-state index is 12.5. The van der Waals surface area contributed by atoms with Crippen LogP contribution >= 0.6 is 0 Å². The lowest BCUT2D eigenvalue weighted by molar-refractivity contribution is -0.137. The number of amides is 1. The first kappa shape index (κ1) is 17.3. The average Bonchev–Trinajstić information content (AvgIpc) is 2.95. The Labute approximate surface area is 133 Å². The summed E-state index contributed by atoms with van der Waals surface area (Å²) in [5.41, 5.74) is -0.00519. The van der Waals surface area contributed by atoms with Crippen LogP contribution in [0.5, 0.6) is 0 Å². The van der Waals surface area contributed by atoms with Gasteiger partial charge in [0.2, 0.25) is 5.91 Å². The number of benzene rings is 1. The van der Waals surface area contributed by atoms with Gasteiger partial charge < -0.3 is 9.64 Å². The first-order chi connectivity index (χ1) is 10.8. The standard InChI is InChI=1S/C17H18F3NO2/c1-3-16(22)21-10-13(15(11-21)23-2)7-4-12-5-8-14(9-6-12)17(18,19)20/h3-9,13,15H,1,10-11H2,2H3. The molecule has 1 fully saturated rings. The Morgan fingerprint density at radius 3 is 2.48 bits per heavy atom. The van der Waals surface area contributed by atoms with E-state index in [1.165, 1.54) is 18.2 Å². The molecule has 1 saturated heterocycles. The zero-order chi connectivity index (χ0) is 17.0. The minimum atomic E-state index is -4.33. The third-order valence-electron chi connectivity index (χ3n) is 3.87. The number of carbonyl (C=O) groups excluding carboxylic acids is 1. The van der Waals surface area contributed by atoms with E-state index in [4.69, 9.17) is 4.74 Å². The summed E-state index contributed by atoms with van der Waals surface area (Å²) in [5, 5.41) is 0. The zero-order valence-corrected chi connectivity index (χ0v) is 12.7. The van der Waals surface area contributed by atoms with E-state index in [0.717, 1.165) is 12.1 Å². The van der Waals surface area contributed by atoms with E-state index in [0.29, 0.717) is 18.7 Å². The Kier molecular flexibility index (Phi) is 5.26. The molecule has 1 heterocycles. The second-order valence-corrected chi connectivity index (χ2v) is 5.36. The predicted octanol–water partition coefficient (Wildman–Crippen LogP) is 3.38. The summed E-state index contributed by atoms with van der Waals surface area (Å²) in [6.45, 7) is 4.44. The molecule has 1 aliphatic heterocycles. The number of nitrogens with zero attached hydrogens (tertiary/aromatic N) is 1. The van der Waals surface area contributed by atoms with Crippen molar-refractivity contribution in [3.8, 4) is 0 Å². The average molecular weight is 325 g/mol. The van der Waals surface area contributed by atoms with E-state index < -0.39 is 11.7 Å². The molecule has 0 radical (unpaired) electrons. The van der Waals surface area contributed by atoms with Gasteiger partial charge in [-0.05, 0) is 23.8 Å². The molecule has 3 nitrogen and oxygen atoms in total. The molecule has 0 bridgehead atoms. The number of likely N-dealkylation sites (tertiary alicyclic amines) is 1. The van der Waals surface area contributed by atoms with Crippen molar-refractivity contribution in [2.24, 2.45) is 5.92 Å². The van der Waals surface area contributed by atoms with Crippen LogP contribution < -0.4 is 0 Å². The quantitative estimate of drug-likeness (QED) is 0.794. The maximum atomic E-state index is 12.5. The molecule has 6 heteroatoms. The minimum Gasteiger partial charge on any atom is -0.379 e. The number of hydrogen-bond acceptors (Lipinski definition) is 2. The molecule has 2 unspecified atom stereocenters. The van der Waals surface area contributed by atoms with Crippen LogP contribution in [0.4, 0.5) is 13.2 Å². The first-order valence-corrected chi connectivity index (χ1v) is 7.14. The Balaban J connectivity index is 2.06. The molecule has 1 aromatic carbocycles. The normalized spacial score (nSPS) is 21.8. The lowest BCUT2D eigenvalue weighted by Gasteiger charge is -2.12. The molecule has 1 aromatic rings. The number of rotatable bonds is 4. The van der Waals surface area contributed by atoms with Crippen LogP contribution in [0.3, 0.4) is 0 Å². The SMILES string of the molecule is C=CC(=O)N1CC(C=Cc2ccc(C(F)(F)F)cc2)C(OC)C1. The summed E-state index contributed by atoms with van der Waals surface area (Å²) in [6, 6.07) is 4.94. The predicted molar refractivity (Wildman–Crippen MR) is 81.5 cm³/mol. The van der Waals surface area contributed by atoms with Crippen molar-refractivity contribution < 1.29 is 22.7 Å². The fourth-order valence-electron chi connectivity index (χ4n) is 2.56. The Bertz CT molecular complexity index is 593. The van der Waals surface area contributed by atoms with E-state index in [9.17, 15) is 18.0 Å². The molecule has 2 rings (SSSR count). The maximum Gasteiger partial charge on any atom is 0.416 e. The van der Waals surface area contributed by atoms with Crippen molar-refractivity contribution in [3.05, 3.63) is 54.1 Å². The smallest absolute Gasteiger partial charge is 0.379 e. The molecule has 124 valence electrons. The van der Waals surface area contributed by atoms with Gasteiger partial charge in [0.05, 0.1) is 11.7 Å². The van der Waals surface area contributed by atoms with Gasteiger partial charge in [0.1, 0.15) is 0 Å². The van der Waals surface area contributed by atoms with Crippen molar-refractivity contribution in [1.29, 1.82) is 0 Å². The highest BCUT2D eigenvalue weighted by molar-refractivity contribution is 5.87. The van der Waals surface area contributed by atoms with Gasteiger partial charge in [-0.2, -0.15) is 13.2 Å². The number of carbonyl (C=O) groups is 1. The number of hydrogen-bond donors (Lipinski definition) is 0. The largest absolute Gasteiger partial charge is 0.416 e. The molecule has 0 N–H and O–H groups in total. The summed E-state index contributed by atoms with van der Waals surface area (Å²) in [6.07, 6.45) is 0.408. The topological polar surface area (TPSA) is 29.5 Å². The van der Waals surface area contributed by atoms with Crippen molar-refractivity contribution in [2.45, 2.75) is 12.3 Å². The summed E-state index contributed by atoms with van der Waals surface area (Å²) in [7, 11) is 1.57. The van der Waals surface area contributed by atoms with Crippen molar-refractivity contribution >= 4 is 12.0 Å². The molecule has 0 saturated carbocycles. The van der Waals surface area contributed by atoms with Crippen LogP contribution in [0.1, 0.15) is 11.1 Å². The minimum absolute atomic E-state index is 0.00815. The van der Waals surface area contributed by atoms with Crippen molar-refractivity contribution in [3.63, 3.8) is 0 Å². The summed E-state index contributed by atoms with van der Waals surface area (Å²) in [5.74, 6) is -0.163. The molecule has 0 spiro atoms. The summed E-state index contributed by atoms with van der Waals surface area (Å²) < 4.78 is 42.9. The highest BCUT2D eigenvalue weighted by Gasteiger charge is 2.33. The van der Waals surface area contributed by atoms with Gasteiger partial charge in [-0.1, -0.05) is 30.9 Å². The number of halogens is 3. The van der Waals surface area contributed by atoms with E-state index in [2.05, 4.69) is 6.58 Å². The summed E-state index contributed by atoms with van der Waals surface area (Å²) >= 11 is 0. The monoisotopic (exact) mass is 325 g/mol. The van der Waals surface area contributed by atoms with Crippen LogP contribution in [0, 0.1) is 5.92 Å². The van der Waals surface area contributed by atoms with Gasteiger partial charge in [0.15, 0.2) is 0 Å². The van der Waals surface area contributed by atoms with Crippen LogP contribution in [0.15, 0.2) is 43.0 Å². The van der Waals surface area contributed by atoms with E-state index in [-0.39, 0.29) is 17.9 Å². The van der Waals surface area contributed by atoms with Crippen LogP contribution in [0.25, 0.3) is 6.08 Å². The van der Waals surface area contributed by atoms with Gasteiger partial charge in [-0.3, -0.25) is 4.79 Å². The number of alkyl halides is 3. The molecule has 23 heavy (non-hydrogen) atoms. The lowest BCUT2D eigenvalue weighted by Crippen LogP contribution is -2.28. The number of methoxy groups -OCH3 is 1. The molecule has 2 atom stereocenters. The van der Waals surface area contributed by atoms with Gasteiger partial charge in [0.25, 0.3) is 0 Å². The number of ether oxygens (including phenoxy) is 1. The first-order valence-electron chi connectivity index (χ1n) is 7.14. The van der Waals surface area contributed by atoms with E-state index >= 15 is 0 Å². The van der Waals surface area contributed by atoms with Crippen LogP contribution in [0.2, 0.25) is 0 Å². The molecule has 0 aliphatic carbocycles. The fourth-order valence-corrected chi connectivity index (χ4v) is 2.56. The fraction of sp³-hybridized carbons (Fsp3) is 0.353. The van der Waals surface area contributed by atoms with Gasteiger partial charge in [-0.15, -0.1) is 0 Å². The Morgan fingerprint density at radius 2 is 1.96 bits per heavy atom. The third-order valence-corrected chi connectivity index (χ3v) is 3.87. The second kappa shape index (κ2) is 7.00. The van der Waals surface area contributed by atoms with Crippen molar-refractivity contribution in [1.82, 2.24) is 4.90 Å². The van der Waals surface area contributed by atoms with Gasteiger partial charge in [0, 0.05) is 26.1 Å². The third kappa shape index (κ3) is 4.22.